The average Bonchev–Trinajstić information content (AvgIpc) is 3.10. The SMILES string of the molecule is O=C(COc1ccc(Cl)c(F)c1)NC12CC(NC(=O)C3Cc4ccccc4N3)(C1)C2. The lowest BCUT2D eigenvalue weighted by molar-refractivity contribution is -0.150. The fourth-order valence-electron chi connectivity index (χ4n) is 4.90. The Balaban J connectivity index is 1.07. The van der Waals surface area contributed by atoms with Gasteiger partial charge in [0.1, 0.15) is 17.6 Å². The van der Waals surface area contributed by atoms with Crippen molar-refractivity contribution in [2.75, 3.05) is 11.9 Å². The molecule has 3 fully saturated rings. The smallest absolute Gasteiger partial charge is 0.258 e. The summed E-state index contributed by atoms with van der Waals surface area (Å²) in [6.45, 7) is -0.202. The number of carbonyl (C=O) groups is 2. The van der Waals surface area contributed by atoms with E-state index in [-0.39, 0.29) is 46.3 Å². The molecule has 3 N–H and O–H groups in total. The third-order valence-corrected chi connectivity index (χ3v) is 6.48. The Morgan fingerprint density at radius 1 is 1.13 bits per heavy atom. The number of para-hydroxylation sites is 1. The number of benzene rings is 2. The molecule has 6 rings (SSSR count). The fourth-order valence-corrected chi connectivity index (χ4v) is 5.02. The lowest BCUT2D eigenvalue weighted by Gasteiger charge is -2.70. The van der Waals surface area contributed by atoms with Crippen LogP contribution >= 0.6 is 11.6 Å². The molecule has 1 aliphatic heterocycles. The van der Waals surface area contributed by atoms with Crippen LogP contribution in [-0.2, 0) is 16.0 Å². The van der Waals surface area contributed by atoms with E-state index in [1.54, 1.807) is 0 Å². The lowest BCUT2D eigenvalue weighted by Crippen LogP contribution is -2.84. The van der Waals surface area contributed by atoms with Crippen molar-refractivity contribution in [3.8, 4) is 5.75 Å². The van der Waals surface area contributed by atoms with E-state index >= 15 is 0 Å². The Labute approximate surface area is 178 Å². The van der Waals surface area contributed by atoms with Crippen molar-refractivity contribution in [1.82, 2.24) is 10.6 Å². The van der Waals surface area contributed by atoms with Crippen LogP contribution in [0.3, 0.4) is 0 Å². The molecule has 1 heterocycles. The van der Waals surface area contributed by atoms with Crippen LogP contribution < -0.4 is 20.7 Å². The highest BCUT2D eigenvalue weighted by Crippen LogP contribution is 2.60. The first-order chi connectivity index (χ1) is 14.4. The molecule has 0 spiro atoms. The number of ether oxygens (including phenoxy) is 1. The summed E-state index contributed by atoms with van der Waals surface area (Å²) in [6.07, 6.45) is 2.83. The van der Waals surface area contributed by atoms with Crippen LogP contribution in [0.5, 0.6) is 5.75 Å². The second-order valence-electron chi connectivity index (χ2n) is 8.55. The molecule has 0 saturated heterocycles. The lowest BCUT2D eigenvalue weighted by atomic mass is 9.44. The van der Waals surface area contributed by atoms with Gasteiger partial charge in [0.15, 0.2) is 6.61 Å². The summed E-state index contributed by atoms with van der Waals surface area (Å²) >= 11 is 5.63. The average molecular weight is 430 g/mol. The molecule has 2 aromatic rings. The minimum Gasteiger partial charge on any atom is -0.484 e. The zero-order valence-corrected chi connectivity index (χ0v) is 16.9. The van der Waals surface area contributed by atoms with E-state index in [1.165, 1.54) is 12.1 Å². The van der Waals surface area contributed by atoms with Crippen molar-refractivity contribution in [2.24, 2.45) is 0 Å². The topological polar surface area (TPSA) is 79.5 Å². The summed E-state index contributed by atoms with van der Waals surface area (Å²) in [5, 5.41) is 9.43. The van der Waals surface area contributed by atoms with Crippen LogP contribution in [0, 0.1) is 5.82 Å². The largest absolute Gasteiger partial charge is 0.484 e. The standard InChI is InChI=1S/C22H21ClFN3O3/c23-15-6-5-14(8-16(15)24)30-9-19(28)26-21-10-22(11-21,12-21)27-20(29)18-7-13-3-1-2-4-17(13)25-18/h1-6,8,18,25H,7,9-12H2,(H,26,28)(H,27,29). The Kier molecular flexibility index (Phi) is 4.39. The predicted molar refractivity (Wildman–Crippen MR) is 110 cm³/mol. The van der Waals surface area contributed by atoms with Crippen LogP contribution in [0.15, 0.2) is 42.5 Å². The number of hydrogen-bond acceptors (Lipinski definition) is 4. The van der Waals surface area contributed by atoms with Crippen molar-refractivity contribution in [2.45, 2.75) is 42.8 Å². The van der Waals surface area contributed by atoms with E-state index < -0.39 is 5.82 Å². The number of nitrogens with one attached hydrogen (secondary N) is 3. The van der Waals surface area contributed by atoms with Crippen LogP contribution in [-0.4, -0.2) is 35.5 Å². The quantitative estimate of drug-likeness (QED) is 0.659. The number of fused-ring (bicyclic) bond motifs is 1. The number of hydrogen-bond donors (Lipinski definition) is 3. The van der Waals surface area contributed by atoms with E-state index in [0.29, 0.717) is 25.7 Å². The highest BCUT2D eigenvalue weighted by Gasteiger charge is 2.69. The molecule has 2 aromatic carbocycles. The van der Waals surface area contributed by atoms with Gasteiger partial charge in [0, 0.05) is 29.3 Å². The number of halogens is 2. The molecule has 2 bridgehead atoms. The summed E-state index contributed by atoms with van der Waals surface area (Å²) in [5.74, 6) is -0.609. The number of amides is 2. The molecule has 6 nitrogen and oxygen atoms in total. The van der Waals surface area contributed by atoms with Gasteiger partial charge in [-0.05, 0) is 43.0 Å². The normalized spacial score (nSPS) is 27.7. The van der Waals surface area contributed by atoms with Gasteiger partial charge in [-0.2, -0.15) is 0 Å². The fraction of sp³-hybridized carbons (Fsp3) is 0.364. The molecule has 1 unspecified atom stereocenters. The highest BCUT2D eigenvalue weighted by molar-refractivity contribution is 6.30. The molecule has 30 heavy (non-hydrogen) atoms. The Morgan fingerprint density at radius 2 is 1.87 bits per heavy atom. The van der Waals surface area contributed by atoms with Gasteiger partial charge in [-0.3, -0.25) is 9.59 Å². The predicted octanol–water partition coefficient (Wildman–Crippen LogP) is 2.80. The third-order valence-electron chi connectivity index (χ3n) is 6.17. The van der Waals surface area contributed by atoms with Crippen molar-refractivity contribution in [1.29, 1.82) is 0 Å². The van der Waals surface area contributed by atoms with Crippen LogP contribution in [0.1, 0.15) is 24.8 Å². The molecule has 1 atom stereocenters. The van der Waals surface area contributed by atoms with Gasteiger partial charge < -0.3 is 20.7 Å². The molecule has 3 saturated carbocycles. The van der Waals surface area contributed by atoms with Crippen molar-refractivity contribution in [3.63, 3.8) is 0 Å². The molecular weight excluding hydrogens is 409 g/mol. The summed E-state index contributed by atoms with van der Waals surface area (Å²) in [4.78, 5) is 24.9. The van der Waals surface area contributed by atoms with Crippen LogP contribution in [0.4, 0.5) is 10.1 Å². The molecule has 4 aliphatic rings. The van der Waals surface area contributed by atoms with Gasteiger partial charge in [-0.25, -0.2) is 4.39 Å². The van der Waals surface area contributed by atoms with Gasteiger partial charge in [-0.15, -0.1) is 0 Å². The second-order valence-corrected chi connectivity index (χ2v) is 8.96. The van der Waals surface area contributed by atoms with Gasteiger partial charge in [-0.1, -0.05) is 29.8 Å². The molecular formula is C22H21ClFN3O3. The van der Waals surface area contributed by atoms with E-state index in [0.717, 1.165) is 17.3 Å². The first kappa shape index (κ1) is 19.2. The molecule has 8 heteroatoms. The highest BCUT2D eigenvalue weighted by atomic mass is 35.5. The maximum atomic E-state index is 13.4. The van der Waals surface area contributed by atoms with Gasteiger partial charge in [0.2, 0.25) is 5.91 Å². The van der Waals surface area contributed by atoms with Gasteiger partial charge >= 0.3 is 0 Å². The Hall–Kier alpha value is -2.80. The number of anilines is 1. The number of rotatable bonds is 6. The van der Waals surface area contributed by atoms with E-state index in [9.17, 15) is 14.0 Å². The summed E-state index contributed by atoms with van der Waals surface area (Å²) in [5.41, 5.74) is 1.67. The molecule has 3 aliphatic carbocycles. The van der Waals surface area contributed by atoms with E-state index in [1.807, 2.05) is 24.3 Å². The van der Waals surface area contributed by atoms with E-state index in [2.05, 4.69) is 16.0 Å². The van der Waals surface area contributed by atoms with Crippen LogP contribution in [0.2, 0.25) is 5.02 Å². The van der Waals surface area contributed by atoms with Crippen molar-refractivity contribution < 1.29 is 18.7 Å². The molecule has 0 radical (unpaired) electrons. The zero-order valence-electron chi connectivity index (χ0n) is 16.1. The molecule has 0 aromatic heterocycles. The minimum absolute atomic E-state index is 0.000995. The van der Waals surface area contributed by atoms with Crippen LogP contribution in [0.25, 0.3) is 0 Å². The monoisotopic (exact) mass is 429 g/mol. The summed E-state index contributed by atoms with van der Waals surface area (Å²) in [7, 11) is 0. The van der Waals surface area contributed by atoms with Crippen molar-refractivity contribution >= 4 is 29.1 Å². The maximum absolute atomic E-state index is 13.4. The second kappa shape index (κ2) is 6.87. The van der Waals surface area contributed by atoms with E-state index in [4.69, 9.17) is 16.3 Å². The van der Waals surface area contributed by atoms with Gasteiger partial charge in [0.05, 0.1) is 5.02 Å². The molecule has 2 amide bonds. The minimum atomic E-state index is -0.591. The Morgan fingerprint density at radius 3 is 2.60 bits per heavy atom. The first-order valence-electron chi connectivity index (χ1n) is 9.91. The summed E-state index contributed by atoms with van der Waals surface area (Å²) < 4.78 is 18.8. The molecule has 156 valence electrons. The number of carbonyl (C=O) groups excluding carboxylic acids is 2. The first-order valence-corrected chi connectivity index (χ1v) is 10.3. The maximum Gasteiger partial charge on any atom is 0.258 e. The van der Waals surface area contributed by atoms with Gasteiger partial charge in [0.25, 0.3) is 5.91 Å². The third kappa shape index (κ3) is 3.37. The zero-order chi connectivity index (χ0) is 20.9. The van der Waals surface area contributed by atoms with Crippen molar-refractivity contribution in [3.05, 3.63) is 58.9 Å². The summed E-state index contributed by atoms with van der Waals surface area (Å²) in [6, 6.07) is 11.7. The Bertz CT molecular complexity index is 999.